The highest BCUT2D eigenvalue weighted by atomic mass is 35.5. The van der Waals surface area contributed by atoms with Crippen LogP contribution in [0.5, 0.6) is 0 Å². The maximum Gasteiger partial charge on any atom is 0.0470 e. The van der Waals surface area contributed by atoms with Crippen molar-refractivity contribution in [2.24, 2.45) is 0 Å². The lowest BCUT2D eigenvalue weighted by Crippen LogP contribution is -2.17. The molecule has 1 N–H and O–H groups in total. The Labute approximate surface area is 135 Å². The molecule has 0 unspecified atom stereocenters. The third-order valence-electron chi connectivity index (χ3n) is 3.84. The minimum atomic E-state index is 0.665. The van der Waals surface area contributed by atoms with E-state index in [1.807, 2.05) is 12.1 Å². The number of hydrogen-bond donors (Lipinski definition) is 1. The van der Waals surface area contributed by atoms with E-state index in [9.17, 15) is 0 Å². The fourth-order valence-electron chi connectivity index (χ4n) is 2.63. The first-order valence-corrected chi connectivity index (χ1v) is 8.01. The lowest BCUT2D eigenvalue weighted by Gasteiger charge is -2.18. The molecule has 0 aliphatic carbocycles. The molecule has 2 nitrogen and oxygen atoms in total. The van der Waals surface area contributed by atoms with Crippen molar-refractivity contribution in [3.63, 3.8) is 0 Å². The van der Waals surface area contributed by atoms with Gasteiger partial charge in [-0.25, -0.2) is 0 Å². The van der Waals surface area contributed by atoms with Crippen molar-refractivity contribution in [3.8, 4) is 0 Å². The van der Waals surface area contributed by atoms with Gasteiger partial charge in [-0.15, -0.1) is 0 Å². The average Bonchev–Trinajstić information content (AvgIpc) is 3.01. The topological polar surface area (TPSA) is 15.3 Å². The Kier molecular flexibility index (Phi) is 4.57. The molecule has 1 aliphatic rings. The summed E-state index contributed by atoms with van der Waals surface area (Å²) in [6.45, 7) is 3.04. The first-order chi connectivity index (χ1) is 10.2. The van der Waals surface area contributed by atoms with Gasteiger partial charge in [0.05, 0.1) is 0 Å². The zero-order chi connectivity index (χ0) is 14.7. The van der Waals surface area contributed by atoms with Gasteiger partial charge in [-0.05, 0) is 54.8 Å². The van der Waals surface area contributed by atoms with Crippen LogP contribution in [0.25, 0.3) is 0 Å². The van der Waals surface area contributed by atoms with E-state index in [2.05, 4.69) is 34.5 Å². The summed E-state index contributed by atoms with van der Waals surface area (Å²) in [5.74, 6) is 0. The smallest absolute Gasteiger partial charge is 0.0470 e. The summed E-state index contributed by atoms with van der Waals surface area (Å²) >= 11 is 12.1. The summed E-state index contributed by atoms with van der Waals surface area (Å²) in [7, 11) is 0. The molecule has 4 heteroatoms. The minimum Gasteiger partial charge on any atom is -0.381 e. The molecule has 0 radical (unpaired) electrons. The minimum absolute atomic E-state index is 0.665. The predicted molar refractivity (Wildman–Crippen MR) is 91.7 cm³/mol. The maximum absolute atomic E-state index is 6.18. The molecule has 3 rings (SSSR count). The Balaban J connectivity index is 1.62. The van der Waals surface area contributed by atoms with E-state index in [0.29, 0.717) is 16.6 Å². The number of hydrogen-bond acceptors (Lipinski definition) is 2. The van der Waals surface area contributed by atoms with E-state index in [0.717, 1.165) is 11.3 Å². The van der Waals surface area contributed by atoms with Crippen LogP contribution < -0.4 is 10.2 Å². The van der Waals surface area contributed by atoms with E-state index in [1.54, 1.807) is 6.07 Å². The predicted octanol–water partition coefficient (Wildman–Crippen LogP) is 5.21. The van der Waals surface area contributed by atoms with Gasteiger partial charge in [0.15, 0.2) is 0 Å². The molecule has 1 heterocycles. The monoisotopic (exact) mass is 320 g/mol. The molecule has 21 heavy (non-hydrogen) atoms. The zero-order valence-electron chi connectivity index (χ0n) is 11.8. The second kappa shape index (κ2) is 6.59. The van der Waals surface area contributed by atoms with E-state index in [1.165, 1.54) is 31.6 Å². The summed E-state index contributed by atoms with van der Waals surface area (Å²) < 4.78 is 0. The number of nitrogens with zero attached hydrogens (tertiary/aromatic N) is 1. The lowest BCUT2D eigenvalue weighted by atomic mass is 10.2. The number of rotatable bonds is 4. The van der Waals surface area contributed by atoms with Crippen LogP contribution in [0.2, 0.25) is 10.0 Å². The average molecular weight is 321 g/mol. The molecule has 110 valence electrons. The third-order valence-corrected chi connectivity index (χ3v) is 4.42. The van der Waals surface area contributed by atoms with Crippen molar-refractivity contribution in [2.45, 2.75) is 19.4 Å². The molecule has 1 fully saturated rings. The number of nitrogens with one attached hydrogen (secondary N) is 1. The van der Waals surface area contributed by atoms with Crippen molar-refractivity contribution in [1.29, 1.82) is 0 Å². The molecule has 0 atom stereocenters. The van der Waals surface area contributed by atoms with Gasteiger partial charge in [0.2, 0.25) is 0 Å². The highest BCUT2D eigenvalue weighted by Crippen LogP contribution is 2.24. The van der Waals surface area contributed by atoms with E-state index < -0.39 is 0 Å². The van der Waals surface area contributed by atoms with Crippen LogP contribution >= 0.6 is 23.2 Å². The molecular weight excluding hydrogens is 303 g/mol. The Hall–Kier alpha value is -1.38. The highest BCUT2D eigenvalue weighted by molar-refractivity contribution is 6.35. The quantitative estimate of drug-likeness (QED) is 0.832. The van der Waals surface area contributed by atoms with Crippen LogP contribution in [0.3, 0.4) is 0 Å². The third kappa shape index (κ3) is 3.63. The van der Waals surface area contributed by atoms with Crippen LogP contribution in [-0.4, -0.2) is 13.1 Å². The van der Waals surface area contributed by atoms with Crippen molar-refractivity contribution < 1.29 is 0 Å². The Morgan fingerprint density at radius 2 is 1.67 bits per heavy atom. The maximum atomic E-state index is 6.18. The van der Waals surface area contributed by atoms with E-state index >= 15 is 0 Å². The molecule has 2 aromatic carbocycles. The summed E-state index contributed by atoms with van der Waals surface area (Å²) in [4.78, 5) is 2.43. The number of halogens is 2. The number of anilines is 2. The molecule has 0 bridgehead atoms. The summed E-state index contributed by atoms with van der Waals surface area (Å²) in [5.41, 5.74) is 3.45. The van der Waals surface area contributed by atoms with Crippen molar-refractivity contribution >= 4 is 34.6 Å². The van der Waals surface area contributed by atoms with Gasteiger partial charge in [-0.1, -0.05) is 29.3 Å². The Morgan fingerprint density at radius 1 is 0.952 bits per heavy atom. The van der Waals surface area contributed by atoms with Crippen LogP contribution in [0.1, 0.15) is 18.4 Å². The Morgan fingerprint density at radius 3 is 2.33 bits per heavy atom. The normalized spacial score (nSPS) is 14.5. The van der Waals surface area contributed by atoms with Crippen LogP contribution in [-0.2, 0) is 6.54 Å². The second-order valence-electron chi connectivity index (χ2n) is 5.33. The first kappa shape index (κ1) is 14.6. The standard InChI is InChI=1S/C17H18Cl2N2/c18-14-4-3-13(17(19)11-14)12-20-15-5-7-16(8-6-15)21-9-1-2-10-21/h3-8,11,20H,1-2,9-10,12H2. The van der Waals surface area contributed by atoms with Crippen LogP contribution in [0.4, 0.5) is 11.4 Å². The molecule has 0 aromatic heterocycles. The molecular formula is C17H18Cl2N2. The van der Waals surface area contributed by atoms with Crippen molar-refractivity contribution in [2.75, 3.05) is 23.3 Å². The van der Waals surface area contributed by atoms with Gasteiger partial charge in [0.1, 0.15) is 0 Å². The van der Waals surface area contributed by atoms with Gasteiger partial charge in [-0.3, -0.25) is 0 Å². The molecule has 1 saturated heterocycles. The molecule has 0 spiro atoms. The Bertz CT molecular complexity index is 605. The SMILES string of the molecule is Clc1ccc(CNc2ccc(N3CCCC3)cc2)c(Cl)c1. The van der Waals surface area contributed by atoms with Gasteiger partial charge in [-0.2, -0.15) is 0 Å². The summed E-state index contributed by atoms with van der Waals surface area (Å²) in [6.07, 6.45) is 2.60. The number of benzene rings is 2. The second-order valence-corrected chi connectivity index (χ2v) is 6.17. The van der Waals surface area contributed by atoms with Gasteiger partial charge >= 0.3 is 0 Å². The van der Waals surface area contributed by atoms with Gasteiger partial charge in [0, 0.05) is 41.1 Å². The van der Waals surface area contributed by atoms with Crippen molar-refractivity contribution in [1.82, 2.24) is 0 Å². The molecule has 0 amide bonds. The highest BCUT2D eigenvalue weighted by Gasteiger charge is 2.11. The van der Waals surface area contributed by atoms with E-state index in [-0.39, 0.29) is 0 Å². The molecule has 1 aliphatic heterocycles. The van der Waals surface area contributed by atoms with Crippen molar-refractivity contribution in [3.05, 3.63) is 58.1 Å². The molecule has 0 saturated carbocycles. The van der Waals surface area contributed by atoms with Gasteiger partial charge in [0.25, 0.3) is 0 Å². The van der Waals surface area contributed by atoms with Crippen LogP contribution in [0, 0.1) is 0 Å². The largest absolute Gasteiger partial charge is 0.381 e. The molecule has 2 aromatic rings. The van der Waals surface area contributed by atoms with Gasteiger partial charge < -0.3 is 10.2 Å². The van der Waals surface area contributed by atoms with Crippen LogP contribution in [0.15, 0.2) is 42.5 Å². The first-order valence-electron chi connectivity index (χ1n) is 7.25. The summed E-state index contributed by atoms with van der Waals surface area (Å²) in [6, 6.07) is 14.2. The summed E-state index contributed by atoms with van der Waals surface area (Å²) in [5, 5.41) is 4.76. The fraction of sp³-hybridized carbons (Fsp3) is 0.294. The van der Waals surface area contributed by atoms with E-state index in [4.69, 9.17) is 23.2 Å². The lowest BCUT2D eigenvalue weighted by molar-refractivity contribution is 0.949. The zero-order valence-corrected chi connectivity index (χ0v) is 13.3. The fourth-order valence-corrected chi connectivity index (χ4v) is 3.10.